The van der Waals surface area contributed by atoms with Gasteiger partial charge in [-0.1, -0.05) is 18.2 Å². The number of benzene rings is 2. The molecule has 23 heavy (non-hydrogen) atoms. The highest BCUT2D eigenvalue weighted by Crippen LogP contribution is 2.41. The summed E-state index contributed by atoms with van der Waals surface area (Å²) >= 11 is 1.71. The van der Waals surface area contributed by atoms with Gasteiger partial charge in [-0.15, -0.1) is 11.8 Å². The monoisotopic (exact) mass is 319 g/mol. The molecule has 114 valence electrons. The van der Waals surface area contributed by atoms with Gasteiger partial charge in [0, 0.05) is 48.0 Å². The molecule has 0 N–H and O–H groups in total. The molecular weight excluding hydrogens is 302 g/mol. The molecule has 0 bridgehead atoms. The number of hydrogen-bond donors (Lipinski definition) is 0. The smallest absolute Gasteiger partial charge is 0.104 e. The fraction of sp³-hybridized carbons (Fsp3) is 0.158. The molecule has 0 atom stereocenters. The number of aliphatic imine (C=N–C) groups is 1. The third kappa shape index (κ3) is 2.39. The van der Waals surface area contributed by atoms with E-state index >= 15 is 0 Å². The van der Waals surface area contributed by atoms with E-state index in [1.54, 1.807) is 11.8 Å². The first-order chi connectivity index (χ1) is 11.3. The van der Waals surface area contributed by atoms with Crippen molar-refractivity contribution in [2.75, 3.05) is 18.2 Å². The van der Waals surface area contributed by atoms with Crippen LogP contribution in [0.1, 0.15) is 11.1 Å². The van der Waals surface area contributed by atoms with Crippen LogP contribution in [0, 0.1) is 0 Å². The van der Waals surface area contributed by atoms with Crippen molar-refractivity contribution in [2.45, 2.75) is 6.54 Å². The van der Waals surface area contributed by atoms with E-state index in [9.17, 15) is 0 Å². The molecule has 4 rings (SSSR count). The molecule has 0 fully saturated rings. The third-order valence-corrected chi connectivity index (χ3v) is 4.92. The van der Waals surface area contributed by atoms with Gasteiger partial charge in [-0.25, -0.2) is 4.99 Å². The summed E-state index contributed by atoms with van der Waals surface area (Å²) in [6.45, 7) is 0.859. The van der Waals surface area contributed by atoms with Gasteiger partial charge in [0.05, 0.1) is 5.69 Å². The number of rotatable bonds is 3. The molecule has 1 aliphatic rings. The Morgan fingerprint density at radius 2 is 1.87 bits per heavy atom. The van der Waals surface area contributed by atoms with Crippen molar-refractivity contribution in [3.63, 3.8) is 0 Å². The van der Waals surface area contributed by atoms with Crippen LogP contribution in [0.15, 0.2) is 59.9 Å². The zero-order valence-corrected chi connectivity index (χ0v) is 14.0. The average molecular weight is 319 g/mol. The standard InChI is InChI=1S/C19H17N3S/c1-22(12-13-8-10-20-11-9-13)17-7-6-16-18-14(17)4-3-5-15(18)19(21-16)23-2/h3-11H,12H2,1-2H3. The van der Waals surface area contributed by atoms with Crippen molar-refractivity contribution in [1.82, 2.24) is 4.98 Å². The van der Waals surface area contributed by atoms with Crippen LogP contribution < -0.4 is 4.90 Å². The maximum absolute atomic E-state index is 4.75. The highest BCUT2D eigenvalue weighted by atomic mass is 32.2. The molecule has 0 radical (unpaired) electrons. The Kier molecular flexibility index (Phi) is 3.54. The van der Waals surface area contributed by atoms with Gasteiger partial charge in [0.2, 0.25) is 0 Å². The van der Waals surface area contributed by atoms with Gasteiger partial charge in [-0.05, 0) is 36.1 Å². The van der Waals surface area contributed by atoms with Crippen LogP contribution in [-0.4, -0.2) is 23.3 Å². The summed E-state index contributed by atoms with van der Waals surface area (Å²) in [6, 6.07) is 14.9. The van der Waals surface area contributed by atoms with Crippen LogP contribution in [-0.2, 0) is 6.54 Å². The van der Waals surface area contributed by atoms with Gasteiger partial charge < -0.3 is 4.90 Å². The number of anilines is 1. The maximum atomic E-state index is 4.75. The van der Waals surface area contributed by atoms with E-state index in [0.29, 0.717) is 0 Å². The van der Waals surface area contributed by atoms with Crippen LogP contribution in [0.2, 0.25) is 0 Å². The molecule has 0 saturated carbocycles. The fourth-order valence-electron chi connectivity index (χ4n) is 3.15. The highest BCUT2D eigenvalue weighted by molar-refractivity contribution is 8.13. The van der Waals surface area contributed by atoms with Crippen molar-refractivity contribution in [2.24, 2.45) is 4.99 Å². The van der Waals surface area contributed by atoms with E-state index in [2.05, 4.69) is 65.7 Å². The van der Waals surface area contributed by atoms with Gasteiger partial charge in [-0.3, -0.25) is 4.98 Å². The average Bonchev–Trinajstić information content (AvgIpc) is 2.96. The largest absolute Gasteiger partial charge is 0.370 e. The van der Waals surface area contributed by atoms with E-state index in [1.807, 2.05) is 12.4 Å². The minimum absolute atomic E-state index is 0.859. The van der Waals surface area contributed by atoms with Gasteiger partial charge in [0.15, 0.2) is 0 Å². The van der Waals surface area contributed by atoms with E-state index in [0.717, 1.165) is 17.3 Å². The van der Waals surface area contributed by atoms with Gasteiger partial charge in [0.25, 0.3) is 0 Å². The lowest BCUT2D eigenvalue weighted by Gasteiger charge is -2.21. The van der Waals surface area contributed by atoms with Crippen molar-refractivity contribution < 1.29 is 0 Å². The predicted molar refractivity (Wildman–Crippen MR) is 100 cm³/mol. The topological polar surface area (TPSA) is 28.5 Å². The Morgan fingerprint density at radius 3 is 2.65 bits per heavy atom. The second kappa shape index (κ2) is 5.70. The Balaban J connectivity index is 1.79. The van der Waals surface area contributed by atoms with E-state index in [1.165, 1.54) is 27.6 Å². The second-order valence-corrected chi connectivity index (χ2v) is 6.46. The van der Waals surface area contributed by atoms with Crippen LogP contribution in [0.25, 0.3) is 10.8 Å². The Morgan fingerprint density at radius 1 is 1.04 bits per heavy atom. The van der Waals surface area contributed by atoms with Gasteiger partial charge >= 0.3 is 0 Å². The summed E-state index contributed by atoms with van der Waals surface area (Å²) in [4.78, 5) is 11.1. The zero-order valence-electron chi connectivity index (χ0n) is 13.2. The van der Waals surface area contributed by atoms with Crippen molar-refractivity contribution >= 4 is 39.0 Å². The van der Waals surface area contributed by atoms with Crippen molar-refractivity contribution in [1.29, 1.82) is 0 Å². The minimum atomic E-state index is 0.859. The second-order valence-electron chi connectivity index (χ2n) is 5.66. The van der Waals surface area contributed by atoms with Gasteiger partial charge in [0.1, 0.15) is 5.04 Å². The molecule has 3 nitrogen and oxygen atoms in total. The Bertz CT molecular complexity index is 903. The van der Waals surface area contributed by atoms with Gasteiger partial charge in [-0.2, -0.15) is 0 Å². The SMILES string of the molecule is CSC1=Nc2ccc(N(C)Cc3ccncc3)c3cccc1c23. The Labute approximate surface area is 140 Å². The van der Waals surface area contributed by atoms with Crippen molar-refractivity contribution in [3.8, 4) is 0 Å². The summed E-state index contributed by atoms with van der Waals surface area (Å²) < 4.78 is 0. The third-order valence-electron chi connectivity index (χ3n) is 4.22. The molecule has 2 aromatic carbocycles. The number of thioether (sulfide) groups is 1. The first kappa shape index (κ1) is 14.3. The molecule has 1 aromatic heterocycles. The summed E-state index contributed by atoms with van der Waals surface area (Å²) in [7, 11) is 2.13. The van der Waals surface area contributed by atoms with Crippen LogP contribution >= 0.6 is 11.8 Å². The highest BCUT2D eigenvalue weighted by Gasteiger charge is 2.20. The predicted octanol–water partition coefficient (Wildman–Crippen LogP) is 4.63. The number of pyridine rings is 1. The lowest BCUT2D eigenvalue weighted by atomic mass is 10.0. The quantitative estimate of drug-likeness (QED) is 0.705. The summed E-state index contributed by atoms with van der Waals surface area (Å²) in [5, 5.41) is 3.65. The van der Waals surface area contributed by atoms with Crippen LogP contribution in [0.4, 0.5) is 11.4 Å². The summed E-state index contributed by atoms with van der Waals surface area (Å²) in [6.07, 6.45) is 5.77. The fourth-order valence-corrected chi connectivity index (χ4v) is 3.73. The number of aromatic nitrogens is 1. The molecule has 0 saturated heterocycles. The molecule has 0 aliphatic carbocycles. The minimum Gasteiger partial charge on any atom is -0.370 e. The lowest BCUT2D eigenvalue weighted by molar-refractivity contribution is 0.924. The summed E-state index contributed by atoms with van der Waals surface area (Å²) in [5.41, 5.74) is 4.83. The Hall–Kier alpha value is -2.33. The molecule has 2 heterocycles. The van der Waals surface area contributed by atoms with E-state index in [4.69, 9.17) is 4.99 Å². The van der Waals surface area contributed by atoms with Crippen LogP contribution in [0.5, 0.6) is 0 Å². The normalized spacial score (nSPS) is 12.5. The van der Waals surface area contributed by atoms with E-state index in [-0.39, 0.29) is 0 Å². The zero-order chi connectivity index (χ0) is 15.8. The van der Waals surface area contributed by atoms with Crippen molar-refractivity contribution in [3.05, 3.63) is 66.0 Å². The first-order valence-electron chi connectivity index (χ1n) is 7.57. The molecular formula is C19H17N3S. The molecule has 0 unspecified atom stereocenters. The molecule has 0 amide bonds. The number of hydrogen-bond acceptors (Lipinski definition) is 4. The summed E-state index contributed by atoms with van der Waals surface area (Å²) in [5.74, 6) is 0. The number of nitrogens with zero attached hydrogens (tertiary/aromatic N) is 3. The van der Waals surface area contributed by atoms with Crippen LogP contribution in [0.3, 0.4) is 0 Å². The van der Waals surface area contributed by atoms with E-state index < -0.39 is 0 Å². The maximum Gasteiger partial charge on any atom is 0.104 e. The molecule has 0 spiro atoms. The molecule has 4 heteroatoms. The first-order valence-corrected chi connectivity index (χ1v) is 8.79. The molecule has 1 aliphatic heterocycles. The molecule has 3 aromatic rings. The lowest BCUT2D eigenvalue weighted by Crippen LogP contribution is -2.16.